The molecule has 1 heterocycles. The number of aliphatic hydroxyl groups excluding tert-OH is 1. The number of carbonyl (C=O) groups is 1. The van der Waals surface area contributed by atoms with Gasteiger partial charge in [0.15, 0.2) is 0 Å². The molecule has 0 bridgehead atoms. The second kappa shape index (κ2) is 6.11. The van der Waals surface area contributed by atoms with Crippen LogP contribution in [0.3, 0.4) is 0 Å². The second-order valence-electron chi connectivity index (χ2n) is 4.38. The van der Waals surface area contributed by atoms with Crippen LogP contribution in [0.15, 0.2) is 48.8 Å². The summed E-state index contributed by atoms with van der Waals surface area (Å²) >= 11 is 0. The molecule has 98 valence electrons. The first-order chi connectivity index (χ1) is 9.16. The Hall–Kier alpha value is -2.20. The third kappa shape index (κ3) is 3.63. The minimum Gasteiger partial charge on any atom is -0.387 e. The first-order valence-electron chi connectivity index (χ1n) is 6.09. The molecule has 0 aliphatic rings. The van der Waals surface area contributed by atoms with E-state index in [0.717, 1.165) is 11.1 Å². The molecule has 1 amide bonds. The van der Waals surface area contributed by atoms with Gasteiger partial charge in [-0.15, -0.1) is 0 Å². The number of aryl methyl sites for hydroxylation is 1. The van der Waals surface area contributed by atoms with E-state index in [4.69, 9.17) is 0 Å². The number of aromatic nitrogens is 1. The van der Waals surface area contributed by atoms with Crippen molar-refractivity contribution in [1.29, 1.82) is 0 Å². The van der Waals surface area contributed by atoms with Crippen molar-refractivity contribution in [3.63, 3.8) is 0 Å². The van der Waals surface area contributed by atoms with Crippen LogP contribution in [0.1, 0.15) is 27.6 Å². The Morgan fingerprint density at radius 3 is 2.68 bits per heavy atom. The van der Waals surface area contributed by atoms with Crippen LogP contribution in [-0.4, -0.2) is 22.5 Å². The predicted molar refractivity (Wildman–Crippen MR) is 72.7 cm³/mol. The lowest BCUT2D eigenvalue weighted by atomic mass is 10.1. The number of pyridine rings is 1. The highest BCUT2D eigenvalue weighted by molar-refractivity contribution is 5.93. The van der Waals surface area contributed by atoms with Gasteiger partial charge in [-0.2, -0.15) is 0 Å². The van der Waals surface area contributed by atoms with Gasteiger partial charge in [-0.3, -0.25) is 9.78 Å². The molecule has 0 spiro atoms. The molecule has 4 heteroatoms. The number of nitrogens with zero attached hydrogens (tertiary/aromatic N) is 1. The molecule has 4 nitrogen and oxygen atoms in total. The van der Waals surface area contributed by atoms with Gasteiger partial charge < -0.3 is 10.4 Å². The van der Waals surface area contributed by atoms with Crippen molar-refractivity contribution < 1.29 is 9.90 Å². The molecule has 1 atom stereocenters. The molecule has 0 fully saturated rings. The number of carbonyl (C=O) groups excluding carboxylic acids is 1. The third-order valence-corrected chi connectivity index (χ3v) is 2.84. The van der Waals surface area contributed by atoms with Crippen molar-refractivity contribution in [2.45, 2.75) is 13.0 Å². The van der Waals surface area contributed by atoms with E-state index >= 15 is 0 Å². The number of hydrogen-bond acceptors (Lipinski definition) is 3. The van der Waals surface area contributed by atoms with E-state index < -0.39 is 6.10 Å². The van der Waals surface area contributed by atoms with Gasteiger partial charge in [0.1, 0.15) is 0 Å². The molecule has 0 radical (unpaired) electrons. The summed E-state index contributed by atoms with van der Waals surface area (Å²) in [6, 6.07) is 11.0. The summed E-state index contributed by atoms with van der Waals surface area (Å²) in [5, 5.41) is 12.7. The molecule has 19 heavy (non-hydrogen) atoms. The van der Waals surface area contributed by atoms with Crippen LogP contribution >= 0.6 is 0 Å². The Labute approximate surface area is 112 Å². The summed E-state index contributed by atoms with van der Waals surface area (Å²) in [4.78, 5) is 15.6. The predicted octanol–water partition coefficient (Wildman–Crippen LogP) is 1.85. The normalized spacial score (nSPS) is 11.9. The lowest BCUT2D eigenvalue weighted by Gasteiger charge is -2.12. The summed E-state index contributed by atoms with van der Waals surface area (Å²) in [5.41, 5.74) is 2.41. The number of nitrogens with one attached hydrogen (secondary N) is 1. The van der Waals surface area contributed by atoms with E-state index in [0.29, 0.717) is 5.56 Å². The number of rotatable bonds is 4. The standard InChI is InChI=1S/C15H16N2O2/c1-11-4-6-12(7-5-11)14(18)10-17-15(19)13-3-2-8-16-9-13/h2-9,14,18H,10H2,1H3,(H,17,19)/t14-/m1/s1. The zero-order valence-corrected chi connectivity index (χ0v) is 10.7. The fourth-order valence-electron chi connectivity index (χ4n) is 1.69. The van der Waals surface area contributed by atoms with E-state index in [1.54, 1.807) is 18.3 Å². The van der Waals surface area contributed by atoms with Gasteiger partial charge in [-0.05, 0) is 24.6 Å². The highest BCUT2D eigenvalue weighted by Gasteiger charge is 2.10. The van der Waals surface area contributed by atoms with Crippen molar-refractivity contribution in [1.82, 2.24) is 10.3 Å². The molecular weight excluding hydrogens is 240 g/mol. The Bertz CT molecular complexity index is 538. The Balaban J connectivity index is 1.92. The molecule has 0 unspecified atom stereocenters. The smallest absolute Gasteiger partial charge is 0.252 e. The fraction of sp³-hybridized carbons (Fsp3) is 0.200. The molecule has 2 N–H and O–H groups in total. The minimum absolute atomic E-state index is 0.177. The van der Waals surface area contributed by atoms with Crippen molar-refractivity contribution in [2.24, 2.45) is 0 Å². The van der Waals surface area contributed by atoms with Gasteiger partial charge in [-0.25, -0.2) is 0 Å². The highest BCUT2D eigenvalue weighted by Crippen LogP contribution is 2.12. The van der Waals surface area contributed by atoms with Crippen molar-refractivity contribution in [2.75, 3.05) is 6.54 Å². The third-order valence-electron chi connectivity index (χ3n) is 2.84. The summed E-state index contributed by atoms with van der Waals surface area (Å²) < 4.78 is 0. The van der Waals surface area contributed by atoms with Gasteiger partial charge >= 0.3 is 0 Å². The average molecular weight is 256 g/mol. The maximum atomic E-state index is 11.8. The topological polar surface area (TPSA) is 62.2 Å². The summed E-state index contributed by atoms with van der Waals surface area (Å²) in [6.45, 7) is 2.16. The van der Waals surface area contributed by atoms with Gasteiger partial charge in [-0.1, -0.05) is 29.8 Å². The van der Waals surface area contributed by atoms with E-state index in [1.165, 1.54) is 6.20 Å². The minimum atomic E-state index is -0.707. The van der Waals surface area contributed by atoms with E-state index in [-0.39, 0.29) is 12.5 Å². The van der Waals surface area contributed by atoms with Gasteiger partial charge in [0.05, 0.1) is 11.7 Å². The van der Waals surface area contributed by atoms with Crippen LogP contribution in [0.2, 0.25) is 0 Å². The van der Waals surface area contributed by atoms with E-state index in [1.807, 2.05) is 31.2 Å². The first-order valence-corrected chi connectivity index (χ1v) is 6.09. The van der Waals surface area contributed by atoms with E-state index in [9.17, 15) is 9.90 Å². The van der Waals surface area contributed by atoms with Crippen LogP contribution in [0.4, 0.5) is 0 Å². The average Bonchev–Trinajstić information content (AvgIpc) is 2.46. The maximum Gasteiger partial charge on any atom is 0.252 e. The molecule has 0 aliphatic carbocycles. The molecule has 2 rings (SSSR count). The lowest BCUT2D eigenvalue weighted by Crippen LogP contribution is -2.28. The zero-order chi connectivity index (χ0) is 13.7. The highest BCUT2D eigenvalue weighted by atomic mass is 16.3. The maximum absolute atomic E-state index is 11.8. The second-order valence-corrected chi connectivity index (χ2v) is 4.38. The summed E-state index contributed by atoms with van der Waals surface area (Å²) in [5.74, 6) is -0.237. The quantitative estimate of drug-likeness (QED) is 0.877. The van der Waals surface area contributed by atoms with Crippen LogP contribution in [0.5, 0.6) is 0 Å². The van der Waals surface area contributed by atoms with Gasteiger partial charge in [0.2, 0.25) is 0 Å². The molecular formula is C15H16N2O2. The Kier molecular flexibility index (Phi) is 4.26. The summed E-state index contributed by atoms with van der Waals surface area (Å²) in [6.07, 6.45) is 2.40. The van der Waals surface area contributed by atoms with Crippen molar-refractivity contribution >= 4 is 5.91 Å². The molecule has 1 aromatic heterocycles. The molecule has 0 saturated carbocycles. The van der Waals surface area contributed by atoms with Crippen molar-refractivity contribution in [3.05, 3.63) is 65.5 Å². The van der Waals surface area contributed by atoms with Crippen molar-refractivity contribution in [3.8, 4) is 0 Å². The van der Waals surface area contributed by atoms with Gasteiger partial charge in [0, 0.05) is 18.9 Å². The number of aliphatic hydroxyl groups is 1. The molecule has 0 saturated heterocycles. The molecule has 1 aromatic carbocycles. The summed E-state index contributed by atoms with van der Waals surface area (Å²) in [7, 11) is 0. The lowest BCUT2D eigenvalue weighted by molar-refractivity contribution is 0.0916. The SMILES string of the molecule is Cc1ccc([C@H](O)CNC(=O)c2cccnc2)cc1. The van der Waals surface area contributed by atoms with Crippen LogP contribution in [0.25, 0.3) is 0 Å². The zero-order valence-electron chi connectivity index (χ0n) is 10.7. The van der Waals surface area contributed by atoms with Gasteiger partial charge in [0.25, 0.3) is 5.91 Å². The first kappa shape index (κ1) is 13.2. The van der Waals surface area contributed by atoms with Crippen LogP contribution in [0, 0.1) is 6.92 Å². The molecule has 0 aliphatic heterocycles. The van der Waals surface area contributed by atoms with E-state index in [2.05, 4.69) is 10.3 Å². The Morgan fingerprint density at radius 2 is 2.05 bits per heavy atom. The Morgan fingerprint density at radius 1 is 1.32 bits per heavy atom. The van der Waals surface area contributed by atoms with Crippen LogP contribution in [-0.2, 0) is 0 Å². The number of benzene rings is 1. The monoisotopic (exact) mass is 256 g/mol. The number of hydrogen-bond donors (Lipinski definition) is 2. The number of amides is 1. The largest absolute Gasteiger partial charge is 0.387 e. The van der Waals surface area contributed by atoms with Crippen LogP contribution < -0.4 is 5.32 Å². The molecule has 2 aromatic rings. The fourth-order valence-corrected chi connectivity index (χ4v) is 1.69.